The number of rotatable bonds is 4. The molecule has 0 spiro atoms. The van der Waals surface area contributed by atoms with Gasteiger partial charge in [0.15, 0.2) is 0 Å². The number of likely N-dealkylation sites (N-methyl/N-ethyl adjacent to an activating group) is 1. The van der Waals surface area contributed by atoms with Crippen LogP contribution in [0, 0.1) is 10.5 Å². The zero-order valence-electron chi connectivity index (χ0n) is 10.8. The smallest absolute Gasteiger partial charge is 0.0368 e. The van der Waals surface area contributed by atoms with E-state index in [1.807, 2.05) is 7.05 Å². The van der Waals surface area contributed by atoms with Gasteiger partial charge in [-0.1, -0.05) is 48.0 Å². The molecule has 0 saturated heterocycles. The second kappa shape index (κ2) is 6.34. The van der Waals surface area contributed by atoms with Gasteiger partial charge in [-0.25, -0.2) is 0 Å². The van der Waals surface area contributed by atoms with E-state index in [2.05, 4.69) is 83.4 Å². The van der Waals surface area contributed by atoms with Crippen LogP contribution in [0.5, 0.6) is 0 Å². The van der Waals surface area contributed by atoms with E-state index in [0.29, 0.717) is 6.04 Å². The molecule has 1 unspecified atom stereocenters. The maximum absolute atomic E-state index is 3.42. The zero-order chi connectivity index (χ0) is 13.0. The Morgan fingerprint density at radius 1 is 1.11 bits per heavy atom. The van der Waals surface area contributed by atoms with Gasteiger partial charge in [0.05, 0.1) is 0 Å². The fraction of sp³-hybridized carbons (Fsp3) is 0.250. The molecule has 2 heteroatoms. The summed E-state index contributed by atoms with van der Waals surface area (Å²) >= 11 is 2.41. The van der Waals surface area contributed by atoms with Crippen LogP contribution in [0.2, 0.25) is 0 Å². The second-order valence-electron chi connectivity index (χ2n) is 4.56. The van der Waals surface area contributed by atoms with Crippen molar-refractivity contribution >= 4 is 22.6 Å². The van der Waals surface area contributed by atoms with Crippen molar-refractivity contribution in [3.05, 3.63) is 68.8 Å². The van der Waals surface area contributed by atoms with Crippen molar-refractivity contribution in [1.82, 2.24) is 5.32 Å². The summed E-state index contributed by atoms with van der Waals surface area (Å²) in [7, 11) is 2.03. The van der Waals surface area contributed by atoms with Crippen molar-refractivity contribution < 1.29 is 0 Å². The van der Waals surface area contributed by atoms with E-state index in [-0.39, 0.29) is 0 Å². The Morgan fingerprint density at radius 3 is 2.56 bits per heavy atom. The van der Waals surface area contributed by atoms with Crippen molar-refractivity contribution in [1.29, 1.82) is 0 Å². The molecule has 0 amide bonds. The summed E-state index contributed by atoms with van der Waals surface area (Å²) in [6.07, 6.45) is 1.03. The topological polar surface area (TPSA) is 12.0 Å². The van der Waals surface area contributed by atoms with Crippen LogP contribution in [0.3, 0.4) is 0 Å². The van der Waals surface area contributed by atoms with E-state index in [1.54, 1.807) is 0 Å². The first-order valence-corrected chi connectivity index (χ1v) is 7.26. The third-order valence-corrected chi connectivity index (χ3v) is 4.13. The van der Waals surface area contributed by atoms with Gasteiger partial charge in [0, 0.05) is 9.61 Å². The van der Waals surface area contributed by atoms with E-state index in [0.717, 1.165) is 6.42 Å². The summed E-state index contributed by atoms with van der Waals surface area (Å²) in [4.78, 5) is 0. The number of hydrogen-bond donors (Lipinski definition) is 1. The van der Waals surface area contributed by atoms with Crippen LogP contribution in [0.1, 0.15) is 22.7 Å². The number of benzene rings is 2. The number of hydrogen-bond acceptors (Lipinski definition) is 1. The lowest BCUT2D eigenvalue weighted by Gasteiger charge is -2.18. The molecular weight excluding hydrogens is 333 g/mol. The highest BCUT2D eigenvalue weighted by Crippen LogP contribution is 2.23. The molecule has 0 aliphatic heterocycles. The highest BCUT2D eigenvalue weighted by atomic mass is 127. The minimum atomic E-state index is 0.375. The van der Waals surface area contributed by atoms with Crippen LogP contribution < -0.4 is 5.32 Å². The minimum Gasteiger partial charge on any atom is -0.313 e. The Hall–Kier alpha value is -0.870. The molecule has 0 bridgehead atoms. The molecule has 0 aliphatic rings. The molecule has 2 rings (SSSR count). The lowest BCUT2D eigenvalue weighted by Crippen LogP contribution is -2.19. The van der Waals surface area contributed by atoms with Gasteiger partial charge < -0.3 is 5.32 Å². The van der Waals surface area contributed by atoms with Crippen LogP contribution in [-0.2, 0) is 6.42 Å². The largest absolute Gasteiger partial charge is 0.313 e. The van der Waals surface area contributed by atoms with E-state index >= 15 is 0 Å². The average Bonchev–Trinajstić information content (AvgIpc) is 2.37. The van der Waals surface area contributed by atoms with Gasteiger partial charge in [-0.15, -0.1) is 0 Å². The SMILES string of the molecule is CNC(Cc1cccc(C)c1)c1ccccc1I. The second-order valence-corrected chi connectivity index (χ2v) is 5.72. The van der Waals surface area contributed by atoms with Gasteiger partial charge >= 0.3 is 0 Å². The van der Waals surface area contributed by atoms with E-state index in [1.165, 1.54) is 20.3 Å². The predicted octanol–water partition coefficient (Wildman–Crippen LogP) is 4.10. The molecule has 1 nitrogen and oxygen atoms in total. The minimum absolute atomic E-state index is 0.375. The quantitative estimate of drug-likeness (QED) is 0.818. The Kier molecular flexibility index (Phi) is 4.78. The summed E-state index contributed by atoms with van der Waals surface area (Å²) in [5, 5.41) is 3.42. The molecular formula is C16H18IN. The van der Waals surface area contributed by atoms with Crippen LogP contribution in [0.15, 0.2) is 48.5 Å². The molecule has 0 aromatic heterocycles. The molecule has 0 radical (unpaired) electrons. The number of aryl methyl sites for hydroxylation is 1. The molecule has 18 heavy (non-hydrogen) atoms. The van der Waals surface area contributed by atoms with E-state index < -0.39 is 0 Å². The fourth-order valence-corrected chi connectivity index (χ4v) is 2.96. The average molecular weight is 351 g/mol. The summed E-state index contributed by atoms with van der Waals surface area (Å²) in [5.74, 6) is 0. The summed E-state index contributed by atoms with van der Waals surface area (Å²) in [5.41, 5.74) is 4.08. The van der Waals surface area contributed by atoms with E-state index in [4.69, 9.17) is 0 Å². The molecule has 0 heterocycles. The Bertz CT molecular complexity index is 522. The van der Waals surface area contributed by atoms with Crippen LogP contribution in [0.25, 0.3) is 0 Å². The first-order chi connectivity index (χ1) is 8.70. The molecule has 0 saturated carbocycles. The maximum Gasteiger partial charge on any atom is 0.0368 e. The number of halogens is 1. The van der Waals surface area contributed by atoms with Gasteiger partial charge in [0.25, 0.3) is 0 Å². The first-order valence-electron chi connectivity index (χ1n) is 6.18. The lowest BCUT2D eigenvalue weighted by molar-refractivity contribution is 0.589. The normalized spacial score (nSPS) is 12.4. The van der Waals surface area contributed by atoms with Crippen LogP contribution in [0.4, 0.5) is 0 Å². The standard InChI is InChI=1S/C16H18IN/c1-12-6-5-7-13(10-12)11-16(18-2)14-8-3-4-9-15(14)17/h3-10,16,18H,11H2,1-2H3. The molecule has 94 valence electrons. The lowest BCUT2D eigenvalue weighted by atomic mass is 9.98. The van der Waals surface area contributed by atoms with Crippen molar-refractivity contribution in [2.45, 2.75) is 19.4 Å². The van der Waals surface area contributed by atoms with Crippen molar-refractivity contribution in [3.63, 3.8) is 0 Å². The predicted molar refractivity (Wildman–Crippen MR) is 85.8 cm³/mol. The first kappa shape index (κ1) is 13.6. The zero-order valence-corrected chi connectivity index (χ0v) is 12.9. The number of nitrogens with one attached hydrogen (secondary N) is 1. The molecule has 0 fully saturated rings. The Morgan fingerprint density at radius 2 is 1.89 bits per heavy atom. The Labute approximate surface area is 123 Å². The van der Waals surface area contributed by atoms with Crippen LogP contribution >= 0.6 is 22.6 Å². The van der Waals surface area contributed by atoms with Gasteiger partial charge in [0.2, 0.25) is 0 Å². The fourth-order valence-electron chi connectivity index (χ4n) is 2.20. The highest BCUT2D eigenvalue weighted by molar-refractivity contribution is 14.1. The van der Waals surface area contributed by atoms with Crippen LogP contribution in [-0.4, -0.2) is 7.05 Å². The summed E-state index contributed by atoms with van der Waals surface area (Å²) < 4.78 is 1.32. The molecule has 1 N–H and O–H groups in total. The van der Waals surface area contributed by atoms with Crippen molar-refractivity contribution in [3.8, 4) is 0 Å². The molecule has 1 atom stereocenters. The summed E-state index contributed by atoms with van der Waals surface area (Å²) in [6.45, 7) is 2.14. The van der Waals surface area contributed by atoms with Gasteiger partial charge in [-0.2, -0.15) is 0 Å². The maximum atomic E-state index is 3.42. The molecule has 0 aliphatic carbocycles. The molecule has 2 aromatic rings. The van der Waals surface area contributed by atoms with Crippen molar-refractivity contribution in [2.75, 3.05) is 7.05 Å². The van der Waals surface area contributed by atoms with Crippen molar-refractivity contribution in [2.24, 2.45) is 0 Å². The van der Waals surface area contributed by atoms with Gasteiger partial charge in [-0.3, -0.25) is 0 Å². The molecule has 2 aromatic carbocycles. The van der Waals surface area contributed by atoms with Gasteiger partial charge in [-0.05, 0) is 60.2 Å². The monoisotopic (exact) mass is 351 g/mol. The third kappa shape index (κ3) is 3.33. The Balaban J connectivity index is 2.23. The third-order valence-electron chi connectivity index (χ3n) is 3.15. The van der Waals surface area contributed by atoms with Gasteiger partial charge in [0.1, 0.15) is 0 Å². The highest BCUT2D eigenvalue weighted by Gasteiger charge is 2.12. The van der Waals surface area contributed by atoms with E-state index in [9.17, 15) is 0 Å². The summed E-state index contributed by atoms with van der Waals surface area (Å²) in [6, 6.07) is 17.7.